The summed E-state index contributed by atoms with van der Waals surface area (Å²) in [5, 5.41) is 2.73. The van der Waals surface area contributed by atoms with Gasteiger partial charge in [0.05, 0.1) is 17.7 Å². The molecule has 1 N–H and O–H groups in total. The van der Waals surface area contributed by atoms with Crippen molar-refractivity contribution < 1.29 is 27.5 Å². The molecule has 0 bridgehead atoms. The van der Waals surface area contributed by atoms with Crippen molar-refractivity contribution in [3.05, 3.63) is 53.6 Å². The average Bonchev–Trinajstić information content (AvgIpc) is 2.83. The number of nitrogens with one attached hydrogen (secondary N) is 1. The number of hydrogen-bond acceptors (Lipinski definition) is 6. The van der Waals surface area contributed by atoms with Crippen LogP contribution in [0.1, 0.15) is 18.1 Å². The van der Waals surface area contributed by atoms with Gasteiger partial charge in [0.25, 0.3) is 5.91 Å². The molecule has 2 aliphatic rings. The molecule has 2 aliphatic heterocycles. The predicted octanol–water partition coefficient (Wildman–Crippen LogP) is 2.27. The van der Waals surface area contributed by atoms with Crippen LogP contribution in [0.15, 0.2) is 47.4 Å². The molecule has 2 heterocycles. The summed E-state index contributed by atoms with van der Waals surface area (Å²) in [6.45, 7) is 4.20. The van der Waals surface area contributed by atoms with Crippen molar-refractivity contribution in [1.29, 1.82) is 0 Å². The molecule has 9 nitrogen and oxygen atoms in total. The number of methoxy groups -OCH3 is 1. The highest BCUT2D eigenvalue weighted by Gasteiger charge is 2.33. The Morgan fingerprint density at radius 3 is 2.59 bits per heavy atom. The van der Waals surface area contributed by atoms with Crippen LogP contribution in [0.5, 0.6) is 11.5 Å². The Balaban J connectivity index is 1.45. The van der Waals surface area contributed by atoms with Crippen LogP contribution < -0.4 is 14.8 Å². The lowest BCUT2D eigenvalue weighted by Crippen LogP contribution is -2.50. The van der Waals surface area contributed by atoms with Gasteiger partial charge in [0.2, 0.25) is 15.9 Å². The van der Waals surface area contributed by atoms with Gasteiger partial charge >= 0.3 is 0 Å². The van der Waals surface area contributed by atoms with E-state index in [1.165, 1.54) is 16.4 Å². The van der Waals surface area contributed by atoms with Crippen LogP contribution in [0, 0.1) is 6.92 Å². The average molecular weight is 486 g/mol. The second-order valence-corrected chi connectivity index (χ2v) is 10.1. The molecule has 0 aliphatic carbocycles. The number of amides is 2. The Hall–Kier alpha value is -3.37. The van der Waals surface area contributed by atoms with Crippen LogP contribution in [-0.4, -0.2) is 68.8 Å². The van der Waals surface area contributed by atoms with Gasteiger partial charge in [-0.3, -0.25) is 9.59 Å². The van der Waals surface area contributed by atoms with E-state index < -0.39 is 16.1 Å². The van der Waals surface area contributed by atoms with Gasteiger partial charge in [-0.1, -0.05) is 18.2 Å². The first-order chi connectivity index (χ1) is 16.2. The third-order valence-corrected chi connectivity index (χ3v) is 7.96. The van der Waals surface area contributed by atoms with E-state index >= 15 is 0 Å². The minimum Gasteiger partial charge on any atom is -0.496 e. The van der Waals surface area contributed by atoms with E-state index in [4.69, 9.17) is 9.47 Å². The number of anilines is 1. The molecule has 0 saturated carbocycles. The number of carbonyl (C=O) groups excluding carboxylic acids is 2. The summed E-state index contributed by atoms with van der Waals surface area (Å²) >= 11 is 0. The minimum atomic E-state index is -3.80. The largest absolute Gasteiger partial charge is 0.496 e. The standard InChI is InChI=1S/C24H27N3O6S/c1-16-14-19-21(33-17(2)24(29)25-19)15-22(16)34(30,31)27-12-10-26(11-13-27)23(28)9-8-18-6-4-5-7-20(18)32-3/h4-9,14-15,17H,10-13H2,1-3H3,(H,25,29). The molecule has 34 heavy (non-hydrogen) atoms. The molecule has 10 heteroatoms. The molecule has 1 atom stereocenters. The summed E-state index contributed by atoms with van der Waals surface area (Å²) in [4.78, 5) is 26.2. The number of fused-ring (bicyclic) bond motifs is 1. The van der Waals surface area contributed by atoms with Crippen LogP contribution in [0.25, 0.3) is 6.08 Å². The van der Waals surface area contributed by atoms with Gasteiger partial charge in [-0.2, -0.15) is 4.31 Å². The third kappa shape index (κ3) is 4.64. The second kappa shape index (κ2) is 9.47. The van der Waals surface area contributed by atoms with Crippen molar-refractivity contribution in [2.45, 2.75) is 24.8 Å². The van der Waals surface area contributed by atoms with E-state index in [-0.39, 0.29) is 42.9 Å². The normalized spacial score (nSPS) is 18.9. The molecule has 1 saturated heterocycles. The zero-order valence-electron chi connectivity index (χ0n) is 19.3. The Labute approximate surface area is 199 Å². The number of sulfonamides is 1. The second-order valence-electron chi connectivity index (χ2n) is 8.17. The predicted molar refractivity (Wildman–Crippen MR) is 127 cm³/mol. The van der Waals surface area contributed by atoms with Gasteiger partial charge < -0.3 is 19.7 Å². The maximum atomic E-state index is 13.3. The van der Waals surface area contributed by atoms with Gasteiger partial charge in [0, 0.05) is 43.9 Å². The van der Waals surface area contributed by atoms with Crippen LogP contribution >= 0.6 is 0 Å². The maximum Gasteiger partial charge on any atom is 0.265 e. The quantitative estimate of drug-likeness (QED) is 0.652. The Morgan fingerprint density at radius 2 is 1.88 bits per heavy atom. The maximum absolute atomic E-state index is 13.3. The molecule has 2 amide bonds. The van der Waals surface area contributed by atoms with E-state index in [9.17, 15) is 18.0 Å². The van der Waals surface area contributed by atoms with Crippen LogP contribution in [0.3, 0.4) is 0 Å². The molecule has 1 fully saturated rings. The summed E-state index contributed by atoms with van der Waals surface area (Å²) in [5.41, 5.74) is 1.75. The Kier molecular flexibility index (Phi) is 6.63. The smallest absolute Gasteiger partial charge is 0.265 e. The molecular weight excluding hydrogens is 458 g/mol. The molecule has 1 unspecified atom stereocenters. The highest BCUT2D eigenvalue weighted by Crippen LogP contribution is 2.35. The molecule has 2 aromatic carbocycles. The van der Waals surface area contributed by atoms with Gasteiger partial charge in [-0.05, 0) is 37.6 Å². The van der Waals surface area contributed by atoms with Gasteiger partial charge in [-0.25, -0.2) is 8.42 Å². The summed E-state index contributed by atoms with van der Waals surface area (Å²) in [5.74, 6) is 0.529. The first kappa shape index (κ1) is 23.8. The lowest BCUT2D eigenvalue weighted by Gasteiger charge is -2.34. The zero-order chi connectivity index (χ0) is 24.5. The monoisotopic (exact) mass is 485 g/mol. The third-order valence-electron chi connectivity index (χ3n) is 5.92. The number of piperazine rings is 1. The lowest BCUT2D eigenvalue weighted by atomic mass is 10.1. The van der Waals surface area contributed by atoms with E-state index in [0.717, 1.165) is 5.56 Å². The summed E-state index contributed by atoms with van der Waals surface area (Å²) in [6.07, 6.45) is 2.47. The van der Waals surface area contributed by atoms with Gasteiger partial charge in [0.15, 0.2) is 6.10 Å². The Morgan fingerprint density at radius 1 is 1.18 bits per heavy atom. The number of benzene rings is 2. The van der Waals surface area contributed by atoms with E-state index in [1.54, 1.807) is 38.0 Å². The summed E-state index contributed by atoms with van der Waals surface area (Å²) in [7, 11) is -2.23. The summed E-state index contributed by atoms with van der Waals surface area (Å²) < 4.78 is 39.0. The van der Waals surface area contributed by atoms with Crippen LogP contribution in [0.4, 0.5) is 5.69 Å². The first-order valence-corrected chi connectivity index (χ1v) is 12.4. The zero-order valence-corrected chi connectivity index (χ0v) is 20.1. The highest BCUT2D eigenvalue weighted by atomic mass is 32.2. The van der Waals surface area contributed by atoms with E-state index in [1.807, 2.05) is 24.3 Å². The number of carbonyl (C=O) groups is 2. The van der Waals surface area contributed by atoms with E-state index in [2.05, 4.69) is 5.32 Å². The minimum absolute atomic E-state index is 0.130. The molecule has 0 spiro atoms. The van der Waals surface area contributed by atoms with Crippen LogP contribution in [-0.2, 0) is 19.6 Å². The van der Waals surface area contributed by atoms with Crippen molar-refractivity contribution >= 4 is 33.6 Å². The van der Waals surface area contributed by atoms with Crippen molar-refractivity contribution in [2.24, 2.45) is 0 Å². The number of aryl methyl sites for hydroxylation is 1. The lowest BCUT2D eigenvalue weighted by molar-refractivity contribution is -0.127. The molecule has 2 aromatic rings. The van der Waals surface area contributed by atoms with E-state index in [0.29, 0.717) is 22.7 Å². The summed E-state index contributed by atoms with van der Waals surface area (Å²) in [6, 6.07) is 10.4. The fourth-order valence-corrected chi connectivity index (χ4v) is 5.62. The number of rotatable bonds is 5. The van der Waals surface area contributed by atoms with Gasteiger partial charge in [-0.15, -0.1) is 0 Å². The molecule has 0 aromatic heterocycles. The van der Waals surface area contributed by atoms with Crippen molar-refractivity contribution in [2.75, 3.05) is 38.6 Å². The van der Waals surface area contributed by atoms with Gasteiger partial charge in [0.1, 0.15) is 11.5 Å². The molecule has 4 rings (SSSR count). The molecule has 0 radical (unpaired) electrons. The van der Waals surface area contributed by atoms with Crippen molar-refractivity contribution in [3.63, 3.8) is 0 Å². The number of para-hydroxylation sites is 1. The SMILES string of the molecule is COc1ccccc1C=CC(=O)N1CCN(S(=O)(=O)c2cc3c(cc2C)NC(=O)C(C)O3)CC1. The van der Waals surface area contributed by atoms with Crippen LogP contribution in [0.2, 0.25) is 0 Å². The number of nitrogens with zero attached hydrogens (tertiary/aromatic N) is 2. The first-order valence-electron chi connectivity index (χ1n) is 10.9. The topological polar surface area (TPSA) is 105 Å². The fourth-order valence-electron chi connectivity index (χ4n) is 3.98. The fraction of sp³-hybridized carbons (Fsp3) is 0.333. The Bertz CT molecular complexity index is 1250. The number of ether oxygens (including phenoxy) is 2. The molecule has 180 valence electrons. The highest BCUT2D eigenvalue weighted by molar-refractivity contribution is 7.89. The molecular formula is C24H27N3O6S. The van der Waals surface area contributed by atoms with Crippen molar-refractivity contribution in [3.8, 4) is 11.5 Å². The van der Waals surface area contributed by atoms with Crippen molar-refractivity contribution in [1.82, 2.24) is 9.21 Å². The number of hydrogen-bond donors (Lipinski definition) is 1.